The van der Waals surface area contributed by atoms with Gasteiger partial charge in [0, 0.05) is 19.3 Å². The molecular formula is C13H20N2O. The van der Waals surface area contributed by atoms with Crippen molar-refractivity contribution in [3.05, 3.63) is 23.4 Å². The molecule has 1 fully saturated rings. The average molecular weight is 220 g/mol. The molecule has 0 aromatic carbocycles. The lowest BCUT2D eigenvalue weighted by atomic mass is 9.93. The van der Waals surface area contributed by atoms with Gasteiger partial charge in [0.2, 0.25) is 0 Å². The summed E-state index contributed by atoms with van der Waals surface area (Å²) in [5.41, 5.74) is 2.44. The third-order valence-corrected chi connectivity index (χ3v) is 3.27. The van der Waals surface area contributed by atoms with Crippen LogP contribution in [0.1, 0.15) is 31.4 Å². The maximum atomic E-state index is 9.05. The number of rotatable bonds is 2. The summed E-state index contributed by atoms with van der Waals surface area (Å²) in [5, 5.41) is 9.05. The first-order valence-electron chi connectivity index (χ1n) is 5.83. The fraction of sp³-hybridized carbons (Fsp3) is 0.615. The molecule has 3 nitrogen and oxygen atoms in total. The molecule has 1 aliphatic rings. The van der Waals surface area contributed by atoms with Crippen LogP contribution in [0.4, 0.5) is 5.82 Å². The maximum Gasteiger partial charge on any atom is 0.131 e. The zero-order valence-electron chi connectivity index (χ0n) is 10.3. The van der Waals surface area contributed by atoms with E-state index in [9.17, 15) is 0 Å². The van der Waals surface area contributed by atoms with Gasteiger partial charge in [-0.25, -0.2) is 4.98 Å². The molecular weight excluding hydrogens is 200 g/mol. The van der Waals surface area contributed by atoms with E-state index in [4.69, 9.17) is 5.11 Å². The van der Waals surface area contributed by atoms with E-state index in [-0.39, 0.29) is 6.61 Å². The molecule has 2 heterocycles. The van der Waals surface area contributed by atoms with Crippen LogP contribution in [-0.2, 0) is 6.61 Å². The molecule has 0 atom stereocenters. The minimum Gasteiger partial charge on any atom is -0.392 e. The Hall–Kier alpha value is -1.09. The molecule has 0 radical (unpaired) electrons. The van der Waals surface area contributed by atoms with Gasteiger partial charge in [-0.1, -0.05) is 13.8 Å². The smallest absolute Gasteiger partial charge is 0.131 e. The Kier molecular flexibility index (Phi) is 2.89. The predicted octanol–water partition coefficient (Wildman–Crippen LogP) is 2.12. The van der Waals surface area contributed by atoms with E-state index in [1.807, 2.05) is 6.07 Å². The van der Waals surface area contributed by atoms with Gasteiger partial charge in [0.1, 0.15) is 5.82 Å². The van der Waals surface area contributed by atoms with Crippen LogP contribution in [0.3, 0.4) is 0 Å². The largest absolute Gasteiger partial charge is 0.392 e. The Morgan fingerprint density at radius 2 is 2.25 bits per heavy atom. The first-order valence-corrected chi connectivity index (χ1v) is 5.83. The Labute approximate surface area is 97.1 Å². The summed E-state index contributed by atoms with van der Waals surface area (Å²) < 4.78 is 0. The van der Waals surface area contributed by atoms with Crippen molar-refractivity contribution in [2.45, 2.75) is 33.8 Å². The summed E-state index contributed by atoms with van der Waals surface area (Å²) in [6.07, 6.45) is 2.99. The monoisotopic (exact) mass is 220 g/mol. The molecule has 0 unspecified atom stereocenters. The van der Waals surface area contributed by atoms with Crippen molar-refractivity contribution >= 4 is 5.82 Å². The molecule has 1 aromatic heterocycles. The van der Waals surface area contributed by atoms with Crippen LogP contribution in [0, 0.1) is 12.3 Å². The third-order valence-electron chi connectivity index (χ3n) is 3.27. The van der Waals surface area contributed by atoms with E-state index in [0.717, 1.165) is 30.0 Å². The third kappa shape index (κ3) is 2.19. The van der Waals surface area contributed by atoms with Gasteiger partial charge in [0.25, 0.3) is 0 Å². The van der Waals surface area contributed by atoms with Gasteiger partial charge in [-0.3, -0.25) is 0 Å². The highest BCUT2D eigenvalue weighted by Gasteiger charge is 2.30. The van der Waals surface area contributed by atoms with Crippen LogP contribution < -0.4 is 4.90 Å². The fourth-order valence-electron chi connectivity index (χ4n) is 2.34. The van der Waals surface area contributed by atoms with Crippen LogP contribution in [0.15, 0.2) is 12.3 Å². The number of hydrogen-bond donors (Lipinski definition) is 1. The van der Waals surface area contributed by atoms with Gasteiger partial charge in [-0.15, -0.1) is 0 Å². The summed E-state index contributed by atoms with van der Waals surface area (Å²) in [6, 6.07) is 2.02. The number of aliphatic hydroxyl groups excluding tert-OH is 1. The van der Waals surface area contributed by atoms with Crippen molar-refractivity contribution in [3.8, 4) is 0 Å². The second-order valence-electron chi connectivity index (χ2n) is 5.48. The molecule has 88 valence electrons. The number of aryl methyl sites for hydroxylation is 1. The fourth-order valence-corrected chi connectivity index (χ4v) is 2.34. The van der Waals surface area contributed by atoms with Crippen molar-refractivity contribution in [3.63, 3.8) is 0 Å². The topological polar surface area (TPSA) is 36.4 Å². The lowest BCUT2D eigenvalue weighted by molar-refractivity contribution is 0.281. The minimum atomic E-state index is 0.0691. The molecule has 0 spiro atoms. The van der Waals surface area contributed by atoms with Crippen molar-refractivity contribution < 1.29 is 5.11 Å². The molecule has 1 N–H and O–H groups in total. The van der Waals surface area contributed by atoms with E-state index in [2.05, 4.69) is 30.7 Å². The van der Waals surface area contributed by atoms with E-state index in [1.54, 1.807) is 6.20 Å². The lowest BCUT2D eigenvalue weighted by Gasteiger charge is -2.22. The first-order chi connectivity index (χ1) is 7.52. The van der Waals surface area contributed by atoms with Gasteiger partial charge in [0.05, 0.1) is 6.61 Å². The molecule has 0 amide bonds. The number of pyridine rings is 1. The molecule has 1 aromatic rings. The van der Waals surface area contributed by atoms with Crippen LogP contribution in [-0.4, -0.2) is 23.2 Å². The summed E-state index contributed by atoms with van der Waals surface area (Å²) in [4.78, 5) is 6.81. The Balaban J connectivity index is 2.22. The highest BCUT2D eigenvalue weighted by molar-refractivity contribution is 5.48. The highest BCUT2D eigenvalue weighted by Crippen LogP contribution is 2.32. The van der Waals surface area contributed by atoms with E-state index >= 15 is 0 Å². The molecule has 1 saturated heterocycles. The summed E-state index contributed by atoms with van der Waals surface area (Å²) in [5.74, 6) is 1.07. The van der Waals surface area contributed by atoms with Crippen molar-refractivity contribution in [1.29, 1.82) is 0 Å². The number of aliphatic hydroxyl groups is 1. The Morgan fingerprint density at radius 3 is 2.75 bits per heavy atom. The van der Waals surface area contributed by atoms with Gasteiger partial charge in [-0.05, 0) is 36.0 Å². The van der Waals surface area contributed by atoms with Gasteiger partial charge in [-0.2, -0.15) is 0 Å². The molecule has 0 aliphatic carbocycles. The zero-order valence-corrected chi connectivity index (χ0v) is 10.3. The van der Waals surface area contributed by atoms with Crippen molar-refractivity contribution in [2.75, 3.05) is 18.0 Å². The van der Waals surface area contributed by atoms with E-state index in [1.165, 1.54) is 6.42 Å². The normalized spacial score (nSPS) is 19.1. The van der Waals surface area contributed by atoms with Crippen LogP contribution in [0.5, 0.6) is 0 Å². The number of nitrogens with zero attached hydrogens (tertiary/aromatic N) is 2. The molecule has 1 aliphatic heterocycles. The lowest BCUT2D eigenvalue weighted by Crippen LogP contribution is -2.24. The number of hydrogen-bond acceptors (Lipinski definition) is 3. The standard InChI is InChI=1S/C13H20N2O/c1-10-6-11(8-16)7-14-12(10)15-5-4-13(2,3)9-15/h6-7,16H,4-5,8-9H2,1-3H3. The molecule has 3 heteroatoms. The second-order valence-corrected chi connectivity index (χ2v) is 5.48. The minimum absolute atomic E-state index is 0.0691. The van der Waals surface area contributed by atoms with Gasteiger partial charge >= 0.3 is 0 Å². The molecule has 0 bridgehead atoms. The number of aromatic nitrogens is 1. The van der Waals surface area contributed by atoms with Crippen LogP contribution in [0.25, 0.3) is 0 Å². The number of anilines is 1. The molecule has 2 rings (SSSR count). The van der Waals surface area contributed by atoms with Crippen LogP contribution in [0.2, 0.25) is 0 Å². The second kappa shape index (κ2) is 4.06. The molecule has 0 saturated carbocycles. The highest BCUT2D eigenvalue weighted by atomic mass is 16.3. The maximum absolute atomic E-state index is 9.05. The van der Waals surface area contributed by atoms with Crippen molar-refractivity contribution in [2.24, 2.45) is 5.41 Å². The summed E-state index contributed by atoms with van der Waals surface area (Å²) >= 11 is 0. The van der Waals surface area contributed by atoms with Crippen LogP contribution >= 0.6 is 0 Å². The quantitative estimate of drug-likeness (QED) is 0.829. The van der Waals surface area contributed by atoms with Gasteiger partial charge in [0.15, 0.2) is 0 Å². The Bertz CT molecular complexity index is 388. The van der Waals surface area contributed by atoms with E-state index in [0.29, 0.717) is 5.41 Å². The SMILES string of the molecule is Cc1cc(CO)cnc1N1CCC(C)(C)C1. The molecule has 16 heavy (non-hydrogen) atoms. The zero-order chi connectivity index (χ0) is 11.8. The predicted molar refractivity (Wildman–Crippen MR) is 65.5 cm³/mol. The Morgan fingerprint density at radius 1 is 1.50 bits per heavy atom. The average Bonchev–Trinajstić information content (AvgIpc) is 2.58. The van der Waals surface area contributed by atoms with E-state index < -0.39 is 0 Å². The van der Waals surface area contributed by atoms with Crippen molar-refractivity contribution in [1.82, 2.24) is 4.98 Å². The summed E-state index contributed by atoms with van der Waals surface area (Å²) in [6.45, 7) is 8.87. The first kappa shape index (κ1) is 11.4. The van der Waals surface area contributed by atoms with Gasteiger partial charge < -0.3 is 10.0 Å². The summed E-state index contributed by atoms with van der Waals surface area (Å²) in [7, 11) is 0.